The minimum absolute atomic E-state index is 0.880. The Bertz CT molecular complexity index is 293. The highest BCUT2D eigenvalue weighted by molar-refractivity contribution is 5.31. The highest BCUT2D eigenvalue weighted by atomic mass is 15.1. The van der Waals surface area contributed by atoms with Crippen LogP contribution in [-0.2, 0) is 0 Å². The number of rotatable bonds is 4. The van der Waals surface area contributed by atoms with Gasteiger partial charge in [0.05, 0.1) is 0 Å². The summed E-state index contributed by atoms with van der Waals surface area (Å²) in [5, 5.41) is 3.34. The molecule has 4 nitrogen and oxygen atoms in total. The molecule has 16 heavy (non-hydrogen) atoms. The molecule has 0 saturated carbocycles. The predicted molar refractivity (Wildman–Crippen MR) is 65.4 cm³/mol. The lowest BCUT2D eigenvalue weighted by Gasteiger charge is -2.28. The molecule has 1 aromatic heterocycles. The molecular formula is C12H20N4. The summed E-state index contributed by atoms with van der Waals surface area (Å²) < 4.78 is 0. The summed E-state index contributed by atoms with van der Waals surface area (Å²) in [6.07, 6.45) is 7.27. The molecule has 0 aliphatic carbocycles. The molecule has 2 rings (SSSR count). The van der Waals surface area contributed by atoms with E-state index in [1.54, 1.807) is 12.5 Å². The summed E-state index contributed by atoms with van der Waals surface area (Å²) in [6.45, 7) is 3.52. The highest BCUT2D eigenvalue weighted by Gasteiger charge is 2.15. The van der Waals surface area contributed by atoms with Crippen LogP contribution in [0.3, 0.4) is 0 Å². The van der Waals surface area contributed by atoms with Crippen LogP contribution in [0, 0.1) is 5.92 Å². The Labute approximate surface area is 97.1 Å². The molecule has 0 unspecified atom stereocenters. The molecule has 0 spiro atoms. The van der Waals surface area contributed by atoms with E-state index in [0.29, 0.717) is 0 Å². The third-order valence-corrected chi connectivity index (χ3v) is 3.28. The monoisotopic (exact) mass is 220 g/mol. The van der Waals surface area contributed by atoms with Crippen LogP contribution in [0.2, 0.25) is 0 Å². The lowest BCUT2D eigenvalue weighted by atomic mass is 9.94. The van der Waals surface area contributed by atoms with E-state index in [2.05, 4.69) is 27.2 Å². The van der Waals surface area contributed by atoms with Crippen molar-refractivity contribution in [2.75, 3.05) is 32.0 Å². The maximum Gasteiger partial charge on any atom is 0.129 e. The summed E-state index contributed by atoms with van der Waals surface area (Å²) in [6, 6.07) is 1.91. The van der Waals surface area contributed by atoms with E-state index in [4.69, 9.17) is 0 Å². The Balaban J connectivity index is 1.65. The quantitative estimate of drug-likeness (QED) is 0.837. The SMILES string of the molecule is CN1CCC(CCNc2ccncn2)CC1. The molecule has 0 aromatic carbocycles. The Morgan fingerprint density at radius 1 is 1.44 bits per heavy atom. The van der Waals surface area contributed by atoms with Crippen molar-refractivity contribution in [3.05, 3.63) is 18.6 Å². The van der Waals surface area contributed by atoms with E-state index >= 15 is 0 Å². The van der Waals surface area contributed by atoms with Crippen LogP contribution in [0.4, 0.5) is 5.82 Å². The number of nitrogens with one attached hydrogen (secondary N) is 1. The van der Waals surface area contributed by atoms with Gasteiger partial charge in [-0.3, -0.25) is 0 Å². The van der Waals surface area contributed by atoms with Crippen LogP contribution < -0.4 is 5.32 Å². The fraction of sp³-hybridized carbons (Fsp3) is 0.667. The maximum atomic E-state index is 4.14. The van der Waals surface area contributed by atoms with Gasteiger partial charge in [0, 0.05) is 12.7 Å². The van der Waals surface area contributed by atoms with Crippen LogP contribution in [0.15, 0.2) is 18.6 Å². The second kappa shape index (κ2) is 5.80. The lowest BCUT2D eigenvalue weighted by molar-refractivity contribution is 0.215. The van der Waals surface area contributed by atoms with E-state index in [-0.39, 0.29) is 0 Å². The predicted octanol–water partition coefficient (Wildman–Crippen LogP) is 1.62. The normalized spacial score (nSPS) is 18.6. The second-order valence-corrected chi connectivity index (χ2v) is 4.56. The minimum atomic E-state index is 0.880. The first-order valence-electron chi connectivity index (χ1n) is 6.03. The van der Waals surface area contributed by atoms with E-state index in [1.165, 1.54) is 32.4 Å². The van der Waals surface area contributed by atoms with E-state index in [9.17, 15) is 0 Å². The topological polar surface area (TPSA) is 41.0 Å². The lowest BCUT2D eigenvalue weighted by Crippen LogP contribution is -2.30. The molecule has 2 heterocycles. The van der Waals surface area contributed by atoms with Gasteiger partial charge in [-0.15, -0.1) is 0 Å². The van der Waals surface area contributed by atoms with Gasteiger partial charge in [-0.2, -0.15) is 0 Å². The van der Waals surface area contributed by atoms with Crippen molar-refractivity contribution in [2.24, 2.45) is 5.92 Å². The summed E-state index contributed by atoms with van der Waals surface area (Å²) in [7, 11) is 2.20. The molecule has 0 radical (unpaired) electrons. The third-order valence-electron chi connectivity index (χ3n) is 3.28. The van der Waals surface area contributed by atoms with Crippen molar-refractivity contribution in [3.8, 4) is 0 Å². The standard InChI is InChI=1S/C12H20N4/c1-16-8-4-11(5-9-16)2-7-14-12-3-6-13-10-15-12/h3,6,10-11H,2,4-5,7-9H2,1H3,(H,13,14,15). The molecule has 0 amide bonds. The van der Waals surface area contributed by atoms with Crippen LogP contribution in [0.5, 0.6) is 0 Å². The van der Waals surface area contributed by atoms with Gasteiger partial charge in [-0.1, -0.05) is 0 Å². The third kappa shape index (κ3) is 3.45. The molecule has 0 bridgehead atoms. The van der Waals surface area contributed by atoms with Gasteiger partial charge >= 0.3 is 0 Å². The molecule has 1 fully saturated rings. The van der Waals surface area contributed by atoms with Crippen LogP contribution in [0.1, 0.15) is 19.3 Å². The van der Waals surface area contributed by atoms with Gasteiger partial charge in [0.2, 0.25) is 0 Å². The molecule has 1 aliphatic heterocycles. The van der Waals surface area contributed by atoms with Crippen LogP contribution >= 0.6 is 0 Å². The number of nitrogens with zero attached hydrogens (tertiary/aromatic N) is 3. The zero-order valence-electron chi connectivity index (χ0n) is 9.89. The Kier molecular flexibility index (Phi) is 4.10. The largest absolute Gasteiger partial charge is 0.370 e. The summed E-state index contributed by atoms with van der Waals surface area (Å²) in [5.74, 6) is 1.81. The average Bonchev–Trinajstić information content (AvgIpc) is 2.33. The van der Waals surface area contributed by atoms with Crippen molar-refractivity contribution in [1.29, 1.82) is 0 Å². The molecular weight excluding hydrogens is 200 g/mol. The zero-order chi connectivity index (χ0) is 11.2. The van der Waals surface area contributed by atoms with Gasteiger partial charge in [0.1, 0.15) is 12.1 Å². The molecule has 88 valence electrons. The van der Waals surface area contributed by atoms with Crippen molar-refractivity contribution in [3.63, 3.8) is 0 Å². The minimum Gasteiger partial charge on any atom is -0.370 e. The second-order valence-electron chi connectivity index (χ2n) is 4.56. The van der Waals surface area contributed by atoms with Gasteiger partial charge in [-0.05, 0) is 51.4 Å². The Hall–Kier alpha value is -1.16. The number of hydrogen-bond donors (Lipinski definition) is 1. The van der Waals surface area contributed by atoms with Crippen LogP contribution in [-0.4, -0.2) is 41.5 Å². The van der Waals surface area contributed by atoms with E-state index < -0.39 is 0 Å². The van der Waals surface area contributed by atoms with Gasteiger partial charge in [-0.25, -0.2) is 9.97 Å². The van der Waals surface area contributed by atoms with Crippen molar-refractivity contribution >= 4 is 5.82 Å². The van der Waals surface area contributed by atoms with Crippen molar-refractivity contribution < 1.29 is 0 Å². The van der Waals surface area contributed by atoms with Crippen molar-refractivity contribution in [1.82, 2.24) is 14.9 Å². The number of aromatic nitrogens is 2. The number of hydrogen-bond acceptors (Lipinski definition) is 4. The van der Waals surface area contributed by atoms with Crippen LogP contribution in [0.25, 0.3) is 0 Å². The Morgan fingerprint density at radius 3 is 2.94 bits per heavy atom. The molecule has 0 atom stereocenters. The molecule has 1 N–H and O–H groups in total. The fourth-order valence-electron chi connectivity index (χ4n) is 2.15. The first-order chi connectivity index (χ1) is 7.84. The molecule has 4 heteroatoms. The number of piperidine rings is 1. The van der Waals surface area contributed by atoms with Crippen molar-refractivity contribution in [2.45, 2.75) is 19.3 Å². The molecule has 1 saturated heterocycles. The number of likely N-dealkylation sites (tertiary alicyclic amines) is 1. The van der Waals surface area contributed by atoms with Gasteiger partial charge in [0.15, 0.2) is 0 Å². The Morgan fingerprint density at radius 2 is 2.25 bits per heavy atom. The summed E-state index contributed by atoms with van der Waals surface area (Å²) in [4.78, 5) is 10.4. The average molecular weight is 220 g/mol. The molecule has 1 aromatic rings. The van der Waals surface area contributed by atoms with E-state index in [1.807, 2.05) is 6.07 Å². The fourth-order valence-corrected chi connectivity index (χ4v) is 2.15. The molecule has 1 aliphatic rings. The maximum absolute atomic E-state index is 4.14. The van der Waals surface area contributed by atoms with E-state index in [0.717, 1.165) is 18.3 Å². The van der Waals surface area contributed by atoms with Gasteiger partial charge < -0.3 is 10.2 Å². The summed E-state index contributed by atoms with van der Waals surface area (Å²) in [5.41, 5.74) is 0. The highest BCUT2D eigenvalue weighted by Crippen LogP contribution is 2.19. The first kappa shape index (κ1) is 11.3. The number of anilines is 1. The zero-order valence-corrected chi connectivity index (χ0v) is 9.89. The summed E-state index contributed by atoms with van der Waals surface area (Å²) >= 11 is 0. The smallest absolute Gasteiger partial charge is 0.129 e. The first-order valence-corrected chi connectivity index (χ1v) is 6.03. The van der Waals surface area contributed by atoms with Gasteiger partial charge in [0.25, 0.3) is 0 Å².